The molecule has 24 heavy (non-hydrogen) atoms. The van der Waals surface area contributed by atoms with Gasteiger partial charge in [0.1, 0.15) is 12.1 Å². The highest BCUT2D eigenvalue weighted by atomic mass is 16.4. The second-order valence-electron chi connectivity index (χ2n) is 5.14. The Balaban J connectivity index is 0.000000240. The van der Waals surface area contributed by atoms with Crippen LogP contribution in [0.1, 0.15) is 11.1 Å². The number of aromatic nitrogens is 1. The van der Waals surface area contributed by atoms with E-state index in [1.165, 1.54) is 0 Å². The summed E-state index contributed by atoms with van der Waals surface area (Å²) >= 11 is 0. The fourth-order valence-electron chi connectivity index (χ4n) is 1.82. The van der Waals surface area contributed by atoms with Gasteiger partial charge < -0.3 is 21.7 Å². The van der Waals surface area contributed by atoms with E-state index in [2.05, 4.69) is 4.98 Å². The third kappa shape index (κ3) is 7.48. The minimum absolute atomic E-state index is 0.323. The fraction of sp³-hybridized carbons (Fsp3) is 0.235. The molecule has 2 atom stereocenters. The minimum Gasteiger partial charge on any atom is -0.480 e. The lowest BCUT2D eigenvalue weighted by molar-refractivity contribution is -0.139. The largest absolute Gasteiger partial charge is 0.480 e. The molecule has 1 aromatic heterocycles. The molecule has 1 aromatic carbocycles. The maximum Gasteiger partial charge on any atom is 0.320 e. The van der Waals surface area contributed by atoms with Gasteiger partial charge in [-0.2, -0.15) is 0 Å². The monoisotopic (exact) mass is 331 g/mol. The van der Waals surface area contributed by atoms with Crippen molar-refractivity contribution < 1.29 is 19.8 Å². The molecule has 2 aromatic rings. The number of hydrogen-bond donors (Lipinski definition) is 4. The molecule has 0 spiro atoms. The number of aliphatic carboxylic acids is 2. The van der Waals surface area contributed by atoms with Crippen LogP contribution in [0.2, 0.25) is 0 Å². The highest BCUT2D eigenvalue weighted by molar-refractivity contribution is 5.73. The van der Waals surface area contributed by atoms with Crippen LogP contribution in [-0.4, -0.2) is 39.2 Å². The Hall–Kier alpha value is -2.77. The number of nitrogens with two attached hydrogens (primary N) is 2. The van der Waals surface area contributed by atoms with E-state index in [9.17, 15) is 9.59 Å². The van der Waals surface area contributed by atoms with E-state index in [0.29, 0.717) is 12.8 Å². The Morgan fingerprint density at radius 1 is 0.875 bits per heavy atom. The number of carbonyl (C=O) groups is 2. The Bertz CT molecular complexity index is 577. The van der Waals surface area contributed by atoms with Crippen molar-refractivity contribution in [2.24, 2.45) is 11.5 Å². The number of carboxylic acid groups (broad SMARTS) is 2. The Morgan fingerprint density at radius 2 is 1.38 bits per heavy atom. The number of hydrogen-bond acceptors (Lipinski definition) is 5. The van der Waals surface area contributed by atoms with E-state index < -0.39 is 24.0 Å². The van der Waals surface area contributed by atoms with Crippen molar-refractivity contribution in [3.63, 3.8) is 0 Å². The molecule has 0 radical (unpaired) electrons. The van der Waals surface area contributed by atoms with Gasteiger partial charge in [0.25, 0.3) is 0 Å². The van der Waals surface area contributed by atoms with Crippen molar-refractivity contribution in [3.05, 3.63) is 66.0 Å². The van der Waals surface area contributed by atoms with Gasteiger partial charge in [-0.1, -0.05) is 36.4 Å². The lowest BCUT2D eigenvalue weighted by atomic mass is 10.1. The first kappa shape index (κ1) is 19.3. The van der Waals surface area contributed by atoms with E-state index in [1.807, 2.05) is 30.3 Å². The molecule has 0 amide bonds. The molecular formula is C17H21N3O4. The van der Waals surface area contributed by atoms with Gasteiger partial charge in [-0.05, 0) is 30.0 Å². The summed E-state index contributed by atoms with van der Waals surface area (Å²) < 4.78 is 0. The zero-order valence-corrected chi connectivity index (χ0v) is 13.1. The lowest BCUT2D eigenvalue weighted by Crippen LogP contribution is -2.32. The van der Waals surface area contributed by atoms with Crippen molar-refractivity contribution in [2.45, 2.75) is 24.9 Å². The van der Waals surface area contributed by atoms with Crippen LogP contribution in [-0.2, 0) is 22.4 Å². The van der Waals surface area contributed by atoms with Crippen LogP contribution in [0.5, 0.6) is 0 Å². The second kappa shape index (κ2) is 10.1. The normalized spacial score (nSPS) is 12.4. The first-order chi connectivity index (χ1) is 11.4. The fourth-order valence-corrected chi connectivity index (χ4v) is 1.82. The zero-order valence-electron chi connectivity index (χ0n) is 13.1. The average Bonchev–Trinajstić information content (AvgIpc) is 2.57. The van der Waals surface area contributed by atoms with Gasteiger partial charge >= 0.3 is 11.9 Å². The molecule has 0 saturated heterocycles. The molecule has 0 bridgehead atoms. The highest BCUT2D eigenvalue weighted by Gasteiger charge is 2.11. The summed E-state index contributed by atoms with van der Waals surface area (Å²) in [6.45, 7) is 0. The molecule has 0 aliphatic heterocycles. The lowest BCUT2D eigenvalue weighted by Gasteiger charge is -2.04. The van der Waals surface area contributed by atoms with Crippen LogP contribution in [0.25, 0.3) is 0 Å². The van der Waals surface area contributed by atoms with Crippen molar-refractivity contribution in [1.29, 1.82) is 0 Å². The smallest absolute Gasteiger partial charge is 0.320 e. The van der Waals surface area contributed by atoms with Crippen molar-refractivity contribution in [2.75, 3.05) is 0 Å². The minimum atomic E-state index is -0.987. The van der Waals surface area contributed by atoms with E-state index in [-0.39, 0.29) is 0 Å². The molecule has 2 rings (SSSR count). The van der Waals surface area contributed by atoms with Gasteiger partial charge in [-0.3, -0.25) is 14.6 Å². The topological polar surface area (TPSA) is 140 Å². The molecule has 7 nitrogen and oxygen atoms in total. The predicted octanol–water partition coefficient (Wildman–Crippen LogP) is 0.677. The number of pyridine rings is 1. The number of rotatable bonds is 6. The Labute approximate surface area is 139 Å². The molecule has 6 N–H and O–H groups in total. The van der Waals surface area contributed by atoms with Crippen molar-refractivity contribution in [3.8, 4) is 0 Å². The molecule has 128 valence electrons. The summed E-state index contributed by atoms with van der Waals surface area (Å²) in [7, 11) is 0. The van der Waals surface area contributed by atoms with Gasteiger partial charge in [0.05, 0.1) is 0 Å². The van der Waals surface area contributed by atoms with Gasteiger partial charge in [-0.25, -0.2) is 0 Å². The summed E-state index contributed by atoms with van der Waals surface area (Å²) in [5, 5.41) is 17.0. The average molecular weight is 331 g/mol. The molecule has 0 aliphatic rings. The van der Waals surface area contributed by atoms with Crippen LogP contribution in [0.4, 0.5) is 0 Å². The van der Waals surface area contributed by atoms with Crippen LogP contribution in [0, 0.1) is 0 Å². The van der Waals surface area contributed by atoms with Gasteiger partial charge in [-0.15, -0.1) is 0 Å². The Morgan fingerprint density at radius 3 is 1.83 bits per heavy atom. The number of nitrogens with zero attached hydrogens (tertiary/aromatic N) is 1. The van der Waals surface area contributed by atoms with Crippen molar-refractivity contribution >= 4 is 11.9 Å². The third-order valence-electron chi connectivity index (χ3n) is 3.11. The summed E-state index contributed by atoms with van der Waals surface area (Å²) in [6, 6.07) is 11.3. The standard InChI is InChI=1S/C9H11NO2.C8H10N2O2/c10-8(9(11)12)6-7-4-2-1-3-5-7;9-7(8(11)12)4-6-2-1-3-10-5-6/h1-5,8H,6,10H2,(H,11,12);1-3,5,7H,4,9H2,(H,11,12)/t8-;7-/m00/s1. The molecule has 7 heteroatoms. The number of benzene rings is 1. The molecule has 0 unspecified atom stereocenters. The van der Waals surface area contributed by atoms with Crippen LogP contribution >= 0.6 is 0 Å². The highest BCUT2D eigenvalue weighted by Crippen LogP contribution is 2.01. The summed E-state index contributed by atoms with van der Waals surface area (Å²) in [5.74, 6) is -1.95. The molecule has 0 saturated carbocycles. The van der Waals surface area contributed by atoms with E-state index in [1.54, 1.807) is 24.5 Å². The van der Waals surface area contributed by atoms with Crippen LogP contribution < -0.4 is 11.5 Å². The predicted molar refractivity (Wildman–Crippen MR) is 89.3 cm³/mol. The molecule has 0 fully saturated rings. The first-order valence-electron chi connectivity index (χ1n) is 7.29. The SMILES string of the molecule is N[C@@H](Cc1ccccc1)C(=O)O.N[C@@H](Cc1cccnc1)C(=O)O. The molecule has 1 heterocycles. The van der Waals surface area contributed by atoms with Gasteiger partial charge in [0.15, 0.2) is 0 Å². The van der Waals surface area contributed by atoms with E-state index in [0.717, 1.165) is 11.1 Å². The first-order valence-corrected chi connectivity index (χ1v) is 7.29. The zero-order chi connectivity index (χ0) is 17.9. The maximum absolute atomic E-state index is 10.4. The summed E-state index contributed by atoms with van der Waals surface area (Å²) in [4.78, 5) is 24.6. The van der Waals surface area contributed by atoms with E-state index >= 15 is 0 Å². The molecule has 0 aliphatic carbocycles. The number of carboxylic acids is 2. The maximum atomic E-state index is 10.4. The van der Waals surface area contributed by atoms with Gasteiger partial charge in [0, 0.05) is 12.4 Å². The van der Waals surface area contributed by atoms with E-state index in [4.69, 9.17) is 21.7 Å². The quantitative estimate of drug-likeness (QED) is 0.610. The van der Waals surface area contributed by atoms with Crippen LogP contribution in [0.15, 0.2) is 54.9 Å². The summed E-state index contributed by atoms with van der Waals surface area (Å²) in [6.07, 6.45) is 3.96. The third-order valence-corrected chi connectivity index (χ3v) is 3.11. The van der Waals surface area contributed by atoms with Crippen LogP contribution in [0.3, 0.4) is 0 Å². The van der Waals surface area contributed by atoms with Crippen molar-refractivity contribution in [1.82, 2.24) is 4.98 Å². The Kier molecular flexibility index (Phi) is 8.10. The molecular weight excluding hydrogens is 310 g/mol. The summed E-state index contributed by atoms with van der Waals surface area (Å²) in [5.41, 5.74) is 12.5. The van der Waals surface area contributed by atoms with Gasteiger partial charge in [0.2, 0.25) is 0 Å². The second-order valence-corrected chi connectivity index (χ2v) is 5.14.